The van der Waals surface area contributed by atoms with Gasteiger partial charge in [0, 0.05) is 5.56 Å². The number of amides is 1. The molecule has 1 aromatic carbocycles. The Morgan fingerprint density at radius 3 is 2.89 bits per heavy atom. The Hall–Kier alpha value is -2.22. The molecule has 0 aliphatic rings. The van der Waals surface area contributed by atoms with E-state index in [1.807, 2.05) is 0 Å². The summed E-state index contributed by atoms with van der Waals surface area (Å²) in [4.78, 5) is 11.8. The molecule has 8 heteroatoms. The van der Waals surface area contributed by atoms with Gasteiger partial charge in [-0.3, -0.25) is 10.1 Å². The van der Waals surface area contributed by atoms with Gasteiger partial charge in [0.2, 0.25) is 10.3 Å². The molecule has 0 radical (unpaired) electrons. The SMILES string of the molecule is COc1cc(C(=O)Nc2nnc(N)s2)ccc1F. The van der Waals surface area contributed by atoms with Gasteiger partial charge in [-0.05, 0) is 18.2 Å². The molecule has 0 saturated carbocycles. The first-order chi connectivity index (χ1) is 8.60. The number of carbonyl (C=O) groups is 1. The standard InChI is InChI=1S/C10H9FN4O2S/c1-17-7-4-5(2-3-6(7)11)8(16)13-10-15-14-9(12)18-10/h2-4H,1H3,(H2,12,14)(H,13,15,16). The minimum absolute atomic E-state index is 0.000530. The van der Waals surface area contributed by atoms with E-state index in [1.165, 1.54) is 19.2 Å². The third-order valence-electron chi connectivity index (χ3n) is 2.07. The molecule has 6 nitrogen and oxygen atoms in total. The average molecular weight is 268 g/mol. The number of rotatable bonds is 3. The van der Waals surface area contributed by atoms with E-state index in [9.17, 15) is 9.18 Å². The second kappa shape index (κ2) is 4.96. The topological polar surface area (TPSA) is 90.1 Å². The summed E-state index contributed by atoms with van der Waals surface area (Å²) in [5, 5.41) is 10.2. The lowest BCUT2D eigenvalue weighted by atomic mass is 10.2. The predicted octanol–water partition coefficient (Wildman–Crippen LogP) is 1.52. The molecule has 0 aliphatic heterocycles. The highest BCUT2D eigenvalue weighted by molar-refractivity contribution is 7.19. The average Bonchev–Trinajstić information content (AvgIpc) is 2.75. The van der Waals surface area contributed by atoms with Gasteiger partial charge in [-0.25, -0.2) is 4.39 Å². The lowest BCUT2D eigenvalue weighted by molar-refractivity contribution is 0.102. The van der Waals surface area contributed by atoms with Crippen molar-refractivity contribution in [2.24, 2.45) is 0 Å². The number of hydrogen-bond acceptors (Lipinski definition) is 6. The molecule has 1 amide bonds. The van der Waals surface area contributed by atoms with Crippen LogP contribution in [-0.2, 0) is 0 Å². The molecule has 18 heavy (non-hydrogen) atoms. The fraction of sp³-hybridized carbons (Fsp3) is 0.100. The summed E-state index contributed by atoms with van der Waals surface area (Å²) in [5.74, 6) is -0.974. The summed E-state index contributed by atoms with van der Waals surface area (Å²) in [6.45, 7) is 0. The summed E-state index contributed by atoms with van der Waals surface area (Å²) < 4.78 is 18.0. The Morgan fingerprint density at radius 2 is 2.28 bits per heavy atom. The zero-order chi connectivity index (χ0) is 13.1. The molecule has 1 heterocycles. The summed E-state index contributed by atoms with van der Waals surface area (Å²) in [6.07, 6.45) is 0. The zero-order valence-corrected chi connectivity index (χ0v) is 10.1. The van der Waals surface area contributed by atoms with Crippen molar-refractivity contribution in [2.45, 2.75) is 0 Å². The highest BCUT2D eigenvalue weighted by Crippen LogP contribution is 2.21. The molecule has 2 rings (SSSR count). The van der Waals surface area contributed by atoms with Crippen molar-refractivity contribution in [1.82, 2.24) is 10.2 Å². The summed E-state index contributed by atoms with van der Waals surface area (Å²) in [7, 11) is 1.32. The molecule has 0 spiro atoms. The Bertz CT molecular complexity index is 587. The summed E-state index contributed by atoms with van der Waals surface area (Å²) in [5.41, 5.74) is 5.63. The van der Waals surface area contributed by atoms with Gasteiger partial charge in [-0.1, -0.05) is 11.3 Å². The third-order valence-corrected chi connectivity index (χ3v) is 2.74. The maximum absolute atomic E-state index is 13.2. The number of anilines is 2. The Balaban J connectivity index is 2.18. The van der Waals surface area contributed by atoms with Crippen LogP contribution < -0.4 is 15.8 Å². The van der Waals surface area contributed by atoms with Gasteiger partial charge in [0.25, 0.3) is 5.91 Å². The monoisotopic (exact) mass is 268 g/mol. The number of halogens is 1. The first-order valence-corrected chi connectivity index (χ1v) is 5.65. The normalized spacial score (nSPS) is 10.1. The predicted molar refractivity (Wildman–Crippen MR) is 65.2 cm³/mol. The number of nitrogens with one attached hydrogen (secondary N) is 1. The van der Waals surface area contributed by atoms with Crippen LogP contribution in [0.25, 0.3) is 0 Å². The van der Waals surface area contributed by atoms with E-state index in [4.69, 9.17) is 10.5 Å². The van der Waals surface area contributed by atoms with Crippen LogP contribution in [0.3, 0.4) is 0 Å². The molecule has 0 saturated heterocycles. The number of carbonyl (C=O) groups excluding carboxylic acids is 1. The second-order valence-electron chi connectivity index (χ2n) is 3.25. The Labute approximate surface area is 106 Å². The van der Waals surface area contributed by atoms with Crippen LogP contribution in [0.5, 0.6) is 5.75 Å². The van der Waals surface area contributed by atoms with Crippen molar-refractivity contribution in [3.63, 3.8) is 0 Å². The van der Waals surface area contributed by atoms with E-state index in [0.717, 1.165) is 17.4 Å². The van der Waals surface area contributed by atoms with Crippen molar-refractivity contribution in [2.75, 3.05) is 18.2 Å². The van der Waals surface area contributed by atoms with Crippen molar-refractivity contribution in [3.8, 4) is 5.75 Å². The molecule has 0 atom stereocenters. The maximum Gasteiger partial charge on any atom is 0.257 e. The minimum Gasteiger partial charge on any atom is -0.494 e. The van der Waals surface area contributed by atoms with E-state index in [0.29, 0.717) is 0 Å². The lowest BCUT2D eigenvalue weighted by Gasteiger charge is -2.05. The number of hydrogen-bond donors (Lipinski definition) is 2. The van der Waals surface area contributed by atoms with E-state index < -0.39 is 11.7 Å². The van der Waals surface area contributed by atoms with E-state index in [2.05, 4.69) is 15.5 Å². The quantitative estimate of drug-likeness (QED) is 0.880. The third kappa shape index (κ3) is 2.54. The minimum atomic E-state index is -0.533. The number of nitrogens with two attached hydrogens (primary N) is 1. The molecule has 0 fully saturated rings. The van der Waals surface area contributed by atoms with Gasteiger partial charge in [-0.2, -0.15) is 0 Å². The number of nitrogen functional groups attached to an aromatic ring is 1. The highest BCUT2D eigenvalue weighted by Gasteiger charge is 2.12. The van der Waals surface area contributed by atoms with Crippen molar-refractivity contribution >= 4 is 27.5 Å². The van der Waals surface area contributed by atoms with Gasteiger partial charge in [0.1, 0.15) is 0 Å². The van der Waals surface area contributed by atoms with Crippen LogP contribution in [0.4, 0.5) is 14.7 Å². The van der Waals surface area contributed by atoms with Crippen molar-refractivity contribution in [3.05, 3.63) is 29.6 Å². The van der Waals surface area contributed by atoms with Crippen LogP contribution >= 0.6 is 11.3 Å². The van der Waals surface area contributed by atoms with Crippen LogP contribution in [0, 0.1) is 5.82 Å². The van der Waals surface area contributed by atoms with Gasteiger partial charge in [-0.15, -0.1) is 10.2 Å². The zero-order valence-electron chi connectivity index (χ0n) is 9.31. The number of ether oxygens (including phenoxy) is 1. The van der Waals surface area contributed by atoms with E-state index >= 15 is 0 Å². The number of nitrogens with zero attached hydrogens (tertiary/aromatic N) is 2. The number of aromatic nitrogens is 2. The Morgan fingerprint density at radius 1 is 1.50 bits per heavy atom. The van der Waals surface area contributed by atoms with Crippen molar-refractivity contribution < 1.29 is 13.9 Å². The molecule has 2 aromatic rings. The van der Waals surface area contributed by atoms with E-state index in [-0.39, 0.29) is 21.6 Å². The molecule has 0 bridgehead atoms. The van der Waals surface area contributed by atoms with Gasteiger partial charge < -0.3 is 10.5 Å². The Kier molecular flexibility index (Phi) is 3.38. The number of benzene rings is 1. The fourth-order valence-corrected chi connectivity index (χ4v) is 1.76. The summed E-state index contributed by atoms with van der Waals surface area (Å²) in [6, 6.07) is 3.80. The van der Waals surface area contributed by atoms with Crippen LogP contribution in [0.1, 0.15) is 10.4 Å². The molecule has 94 valence electrons. The maximum atomic E-state index is 13.2. The molecule has 3 N–H and O–H groups in total. The largest absolute Gasteiger partial charge is 0.494 e. The first kappa shape index (κ1) is 12.2. The van der Waals surface area contributed by atoms with Crippen LogP contribution in [0.15, 0.2) is 18.2 Å². The smallest absolute Gasteiger partial charge is 0.257 e. The van der Waals surface area contributed by atoms with Gasteiger partial charge in [0.15, 0.2) is 11.6 Å². The highest BCUT2D eigenvalue weighted by atomic mass is 32.1. The number of methoxy groups -OCH3 is 1. The lowest BCUT2D eigenvalue weighted by Crippen LogP contribution is -2.12. The molecule has 0 unspecified atom stereocenters. The second-order valence-corrected chi connectivity index (χ2v) is 4.26. The molecule has 0 aliphatic carbocycles. The van der Waals surface area contributed by atoms with Gasteiger partial charge in [0.05, 0.1) is 7.11 Å². The summed E-state index contributed by atoms with van der Waals surface area (Å²) >= 11 is 1.04. The molecular formula is C10H9FN4O2S. The van der Waals surface area contributed by atoms with Crippen LogP contribution in [0.2, 0.25) is 0 Å². The molecule has 1 aromatic heterocycles. The molecular weight excluding hydrogens is 259 g/mol. The fourth-order valence-electron chi connectivity index (χ4n) is 1.26. The van der Waals surface area contributed by atoms with Gasteiger partial charge >= 0.3 is 0 Å². The van der Waals surface area contributed by atoms with Crippen molar-refractivity contribution in [1.29, 1.82) is 0 Å². The van der Waals surface area contributed by atoms with Crippen LogP contribution in [-0.4, -0.2) is 23.2 Å². The first-order valence-electron chi connectivity index (χ1n) is 4.84. The van der Waals surface area contributed by atoms with E-state index in [1.54, 1.807) is 0 Å².